The molecule has 31 heavy (non-hydrogen) atoms. The van der Waals surface area contributed by atoms with Crippen LogP contribution in [-0.2, 0) is 6.61 Å². The van der Waals surface area contributed by atoms with E-state index in [1.54, 1.807) is 36.4 Å². The lowest BCUT2D eigenvalue weighted by atomic mass is 10.1. The molecule has 0 unspecified atom stereocenters. The fourth-order valence-electron chi connectivity index (χ4n) is 3.18. The summed E-state index contributed by atoms with van der Waals surface area (Å²) in [5, 5.41) is 7.71. The zero-order valence-electron chi connectivity index (χ0n) is 17.1. The fourth-order valence-corrected chi connectivity index (χ4v) is 3.18. The zero-order chi connectivity index (χ0) is 21.6. The molecule has 0 aliphatic carbocycles. The highest BCUT2D eigenvalue weighted by Crippen LogP contribution is 2.22. The van der Waals surface area contributed by atoms with Crippen LogP contribution in [0.2, 0.25) is 0 Å². The first-order chi connectivity index (χ1) is 15.1. The molecular formula is C25H22N2O4. The maximum absolute atomic E-state index is 12.5. The molecule has 3 aromatic carbocycles. The minimum Gasteiger partial charge on any atom is -0.486 e. The van der Waals surface area contributed by atoms with Crippen molar-refractivity contribution in [3.05, 3.63) is 95.9 Å². The van der Waals surface area contributed by atoms with E-state index in [9.17, 15) is 9.59 Å². The van der Waals surface area contributed by atoms with Gasteiger partial charge in [0.1, 0.15) is 18.1 Å². The van der Waals surface area contributed by atoms with E-state index in [0.717, 1.165) is 16.5 Å². The number of hydrogen-bond donors (Lipinski definition) is 2. The van der Waals surface area contributed by atoms with Crippen LogP contribution >= 0.6 is 0 Å². The van der Waals surface area contributed by atoms with Gasteiger partial charge in [-0.15, -0.1) is 0 Å². The van der Waals surface area contributed by atoms with E-state index < -0.39 is 5.91 Å². The molecule has 0 radical (unpaired) electrons. The van der Waals surface area contributed by atoms with E-state index in [4.69, 9.17) is 9.15 Å². The number of ether oxygens (including phenoxy) is 1. The topological polar surface area (TPSA) is 80.6 Å². The van der Waals surface area contributed by atoms with Gasteiger partial charge in [0.2, 0.25) is 0 Å². The Morgan fingerprint density at radius 3 is 2.55 bits per heavy atom. The Labute approximate surface area is 179 Å². The van der Waals surface area contributed by atoms with Crippen molar-refractivity contribution in [2.75, 3.05) is 11.9 Å². The van der Waals surface area contributed by atoms with E-state index in [2.05, 4.69) is 10.6 Å². The van der Waals surface area contributed by atoms with Crippen molar-refractivity contribution in [1.82, 2.24) is 5.32 Å². The van der Waals surface area contributed by atoms with Crippen molar-refractivity contribution >= 4 is 28.3 Å². The van der Waals surface area contributed by atoms with Crippen LogP contribution in [0.25, 0.3) is 10.8 Å². The second-order valence-electron chi connectivity index (χ2n) is 6.96. The Morgan fingerprint density at radius 1 is 0.871 bits per heavy atom. The summed E-state index contributed by atoms with van der Waals surface area (Å²) in [6, 6.07) is 24.0. The molecule has 0 aliphatic rings. The lowest BCUT2D eigenvalue weighted by Gasteiger charge is -2.07. The number of carbonyl (C=O) groups excluding carboxylic acids is 2. The number of anilines is 1. The largest absolute Gasteiger partial charge is 0.486 e. The molecule has 1 heterocycles. The summed E-state index contributed by atoms with van der Waals surface area (Å²) in [5.41, 5.74) is 0.989. The molecule has 0 aliphatic heterocycles. The molecule has 6 heteroatoms. The van der Waals surface area contributed by atoms with Crippen LogP contribution in [0.15, 0.2) is 83.3 Å². The van der Waals surface area contributed by atoms with Gasteiger partial charge in [-0.25, -0.2) is 0 Å². The predicted octanol–water partition coefficient (Wildman–Crippen LogP) is 5.01. The highest BCUT2D eigenvalue weighted by molar-refractivity contribution is 6.03. The molecule has 0 bridgehead atoms. The summed E-state index contributed by atoms with van der Waals surface area (Å²) >= 11 is 0. The third kappa shape index (κ3) is 4.93. The van der Waals surface area contributed by atoms with Gasteiger partial charge in [-0.1, -0.05) is 36.4 Å². The average molecular weight is 414 g/mol. The van der Waals surface area contributed by atoms with E-state index in [0.29, 0.717) is 23.6 Å². The minimum absolute atomic E-state index is 0.167. The third-order valence-electron chi connectivity index (χ3n) is 4.71. The van der Waals surface area contributed by atoms with Crippen molar-refractivity contribution in [3.63, 3.8) is 0 Å². The number of benzene rings is 3. The molecule has 6 nitrogen and oxygen atoms in total. The van der Waals surface area contributed by atoms with Crippen molar-refractivity contribution in [3.8, 4) is 5.75 Å². The van der Waals surface area contributed by atoms with Crippen LogP contribution in [0, 0.1) is 0 Å². The summed E-state index contributed by atoms with van der Waals surface area (Å²) in [5.74, 6) is 0.841. The summed E-state index contributed by atoms with van der Waals surface area (Å²) < 4.78 is 11.4. The first-order valence-electron chi connectivity index (χ1n) is 10.0. The first kappa shape index (κ1) is 20.2. The van der Waals surface area contributed by atoms with Gasteiger partial charge in [-0.05, 0) is 60.2 Å². The standard InChI is InChI=1S/C25H22N2O4/c1-2-26-24(28)19-8-5-9-20(14-19)27-25(29)23-13-12-22(31-23)16-30-21-11-10-17-6-3-4-7-18(17)15-21/h3-15H,2,16H2,1H3,(H,26,28)(H,27,29). The van der Waals surface area contributed by atoms with Crippen LogP contribution in [0.5, 0.6) is 5.75 Å². The Bertz CT molecular complexity index is 1230. The predicted molar refractivity (Wildman–Crippen MR) is 119 cm³/mol. The number of furan rings is 1. The Morgan fingerprint density at radius 2 is 1.71 bits per heavy atom. The van der Waals surface area contributed by atoms with Gasteiger partial charge in [0.05, 0.1) is 0 Å². The van der Waals surface area contributed by atoms with Crippen LogP contribution in [0.1, 0.15) is 33.6 Å². The van der Waals surface area contributed by atoms with Gasteiger partial charge in [0.25, 0.3) is 11.8 Å². The number of rotatable bonds is 7. The Kier molecular flexibility index (Phi) is 5.98. The molecule has 2 amide bonds. The monoisotopic (exact) mass is 414 g/mol. The van der Waals surface area contributed by atoms with Crippen molar-refractivity contribution < 1.29 is 18.7 Å². The Balaban J connectivity index is 1.38. The van der Waals surface area contributed by atoms with E-state index in [1.807, 2.05) is 49.4 Å². The van der Waals surface area contributed by atoms with E-state index >= 15 is 0 Å². The van der Waals surface area contributed by atoms with Crippen LogP contribution < -0.4 is 15.4 Å². The summed E-state index contributed by atoms with van der Waals surface area (Å²) in [4.78, 5) is 24.5. The fraction of sp³-hybridized carbons (Fsp3) is 0.120. The van der Waals surface area contributed by atoms with Gasteiger partial charge >= 0.3 is 0 Å². The molecule has 1 aromatic heterocycles. The lowest BCUT2D eigenvalue weighted by Crippen LogP contribution is -2.22. The highest BCUT2D eigenvalue weighted by Gasteiger charge is 2.13. The Hall–Kier alpha value is -4.06. The number of amides is 2. The summed E-state index contributed by atoms with van der Waals surface area (Å²) in [6.45, 7) is 2.59. The molecule has 0 saturated carbocycles. The quantitative estimate of drug-likeness (QED) is 0.445. The smallest absolute Gasteiger partial charge is 0.291 e. The number of nitrogens with one attached hydrogen (secondary N) is 2. The van der Waals surface area contributed by atoms with Gasteiger partial charge in [-0.3, -0.25) is 9.59 Å². The van der Waals surface area contributed by atoms with Crippen LogP contribution in [0.4, 0.5) is 5.69 Å². The van der Waals surface area contributed by atoms with Crippen LogP contribution in [0.3, 0.4) is 0 Å². The molecule has 0 saturated heterocycles. The van der Waals surface area contributed by atoms with E-state index in [-0.39, 0.29) is 18.3 Å². The highest BCUT2D eigenvalue weighted by atomic mass is 16.5. The molecule has 0 spiro atoms. The molecular weight excluding hydrogens is 392 g/mol. The minimum atomic E-state index is -0.398. The molecule has 156 valence electrons. The van der Waals surface area contributed by atoms with Crippen molar-refractivity contribution in [2.45, 2.75) is 13.5 Å². The molecule has 4 aromatic rings. The van der Waals surface area contributed by atoms with Gasteiger partial charge in [0, 0.05) is 17.8 Å². The van der Waals surface area contributed by atoms with Crippen LogP contribution in [-0.4, -0.2) is 18.4 Å². The average Bonchev–Trinajstić information content (AvgIpc) is 3.27. The maximum Gasteiger partial charge on any atom is 0.291 e. The first-order valence-corrected chi connectivity index (χ1v) is 10.0. The van der Waals surface area contributed by atoms with Crippen molar-refractivity contribution in [1.29, 1.82) is 0 Å². The molecule has 4 rings (SSSR count). The van der Waals surface area contributed by atoms with Gasteiger partial charge < -0.3 is 19.8 Å². The zero-order valence-corrected chi connectivity index (χ0v) is 17.1. The summed E-state index contributed by atoms with van der Waals surface area (Å²) in [6.07, 6.45) is 0. The van der Waals surface area contributed by atoms with Crippen molar-refractivity contribution in [2.24, 2.45) is 0 Å². The second-order valence-corrected chi connectivity index (χ2v) is 6.96. The number of hydrogen-bond acceptors (Lipinski definition) is 4. The van der Waals surface area contributed by atoms with Gasteiger partial charge in [-0.2, -0.15) is 0 Å². The lowest BCUT2D eigenvalue weighted by molar-refractivity contribution is 0.0953. The SMILES string of the molecule is CCNC(=O)c1cccc(NC(=O)c2ccc(COc3ccc4ccccc4c3)o2)c1. The second kappa shape index (κ2) is 9.17. The third-order valence-corrected chi connectivity index (χ3v) is 4.71. The molecule has 0 fully saturated rings. The number of fused-ring (bicyclic) bond motifs is 1. The normalized spacial score (nSPS) is 10.6. The maximum atomic E-state index is 12.5. The van der Waals surface area contributed by atoms with Gasteiger partial charge in [0.15, 0.2) is 5.76 Å². The van der Waals surface area contributed by atoms with E-state index in [1.165, 1.54) is 0 Å². The summed E-state index contributed by atoms with van der Waals surface area (Å²) in [7, 11) is 0. The molecule has 2 N–H and O–H groups in total. The molecule has 0 atom stereocenters. The number of carbonyl (C=O) groups is 2.